The molecule has 4 nitrogen and oxygen atoms in total. The van der Waals surface area contributed by atoms with Gasteiger partial charge in [-0.15, -0.1) is 0 Å². The molecule has 0 aromatic rings. The lowest BCUT2D eigenvalue weighted by atomic mass is 9.95. The van der Waals surface area contributed by atoms with Crippen LogP contribution in [0.2, 0.25) is 0 Å². The van der Waals surface area contributed by atoms with Crippen LogP contribution in [-0.2, 0) is 9.59 Å². The molecule has 1 unspecified atom stereocenters. The fourth-order valence-corrected chi connectivity index (χ4v) is 1.28. The van der Waals surface area contributed by atoms with Gasteiger partial charge in [0.25, 0.3) is 0 Å². The number of hydrogen-bond donors (Lipinski definition) is 2. The fraction of sp³-hybridized carbons (Fsp3) is 0.833. The van der Waals surface area contributed by atoms with Gasteiger partial charge in [-0.25, -0.2) is 0 Å². The molecule has 94 valence electrons. The second kappa shape index (κ2) is 6.51. The molecule has 0 saturated heterocycles. The van der Waals surface area contributed by atoms with Crippen LogP contribution < -0.4 is 10.6 Å². The first-order valence-electron chi connectivity index (χ1n) is 5.83. The molecule has 4 heteroatoms. The molecule has 0 aliphatic heterocycles. The average Bonchev–Trinajstić information content (AvgIpc) is 2.22. The van der Waals surface area contributed by atoms with Gasteiger partial charge in [0.05, 0.1) is 0 Å². The van der Waals surface area contributed by atoms with Crippen molar-refractivity contribution in [3.63, 3.8) is 0 Å². The molecule has 0 heterocycles. The van der Waals surface area contributed by atoms with E-state index >= 15 is 0 Å². The zero-order chi connectivity index (χ0) is 12.9. The van der Waals surface area contributed by atoms with Crippen molar-refractivity contribution in [3.05, 3.63) is 0 Å². The first-order chi connectivity index (χ1) is 7.31. The fourth-order valence-electron chi connectivity index (χ4n) is 1.28. The summed E-state index contributed by atoms with van der Waals surface area (Å²) in [5.74, 6) is 0.0864. The summed E-state index contributed by atoms with van der Waals surface area (Å²) in [7, 11) is 1.58. The van der Waals surface area contributed by atoms with E-state index in [1.807, 2.05) is 34.6 Å². The van der Waals surface area contributed by atoms with Crippen molar-refractivity contribution >= 4 is 11.8 Å². The highest BCUT2D eigenvalue weighted by molar-refractivity contribution is 5.88. The molecule has 0 aromatic carbocycles. The Bertz CT molecular complexity index is 249. The van der Waals surface area contributed by atoms with Crippen molar-refractivity contribution in [1.29, 1.82) is 0 Å². The summed E-state index contributed by atoms with van der Waals surface area (Å²) in [5, 5.41) is 5.36. The van der Waals surface area contributed by atoms with E-state index in [4.69, 9.17) is 0 Å². The number of carbonyl (C=O) groups excluding carboxylic acids is 2. The van der Waals surface area contributed by atoms with Crippen molar-refractivity contribution in [2.24, 2.45) is 17.8 Å². The summed E-state index contributed by atoms with van der Waals surface area (Å²) in [4.78, 5) is 23.4. The molecule has 2 amide bonds. The largest absolute Gasteiger partial charge is 0.357 e. The van der Waals surface area contributed by atoms with Crippen molar-refractivity contribution < 1.29 is 9.59 Å². The summed E-state index contributed by atoms with van der Waals surface area (Å²) in [6.07, 6.45) is 0. The normalized spacial score (nSPS) is 14.8. The summed E-state index contributed by atoms with van der Waals surface area (Å²) >= 11 is 0. The molecular formula is C12H24N2O2. The Balaban J connectivity index is 4.53. The van der Waals surface area contributed by atoms with Gasteiger partial charge in [0.2, 0.25) is 11.8 Å². The van der Waals surface area contributed by atoms with Crippen molar-refractivity contribution in [1.82, 2.24) is 10.6 Å². The Hall–Kier alpha value is -1.06. The third kappa shape index (κ3) is 4.21. The van der Waals surface area contributed by atoms with Crippen LogP contribution in [0.4, 0.5) is 0 Å². The molecule has 2 N–H and O–H groups in total. The zero-order valence-electron chi connectivity index (χ0n) is 11.1. The van der Waals surface area contributed by atoms with E-state index < -0.39 is 6.04 Å². The predicted octanol–water partition coefficient (Wildman–Crippen LogP) is 1.17. The Morgan fingerprint density at radius 1 is 0.875 bits per heavy atom. The van der Waals surface area contributed by atoms with Gasteiger partial charge in [0.15, 0.2) is 0 Å². The lowest BCUT2D eigenvalue weighted by molar-refractivity contribution is -0.132. The van der Waals surface area contributed by atoms with E-state index in [9.17, 15) is 9.59 Å². The Morgan fingerprint density at radius 2 is 1.38 bits per heavy atom. The summed E-state index contributed by atoms with van der Waals surface area (Å²) in [6, 6.07) is -0.446. The first kappa shape index (κ1) is 14.9. The molecule has 16 heavy (non-hydrogen) atoms. The van der Waals surface area contributed by atoms with E-state index in [2.05, 4.69) is 10.6 Å². The van der Waals surface area contributed by atoms with Crippen LogP contribution >= 0.6 is 0 Å². The van der Waals surface area contributed by atoms with E-state index in [0.29, 0.717) is 0 Å². The van der Waals surface area contributed by atoms with Crippen LogP contribution in [0.5, 0.6) is 0 Å². The SMILES string of the molecule is CNC(=O)[C@@H](NC(=O)C(C)C(C)C)C(C)C. The maximum atomic E-state index is 11.8. The number of carbonyl (C=O) groups is 2. The molecule has 0 aromatic heterocycles. The lowest BCUT2D eigenvalue weighted by Crippen LogP contribution is -2.50. The van der Waals surface area contributed by atoms with Crippen LogP contribution in [-0.4, -0.2) is 24.9 Å². The third-order valence-electron chi connectivity index (χ3n) is 2.91. The molecule has 0 rings (SSSR count). The van der Waals surface area contributed by atoms with Gasteiger partial charge in [0, 0.05) is 13.0 Å². The monoisotopic (exact) mass is 228 g/mol. The topological polar surface area (TPSA) is 58.2 Å². The summed E-state index contributed by atoms with van der Waals surface area (Å²) in [5.41, 5.74) is 0. The van der Waals surface area contributed by atoms with Crippen molar-refractivity contribution in [3.8, 4) is 0 Å². The molecular weight excluding hydrogens is 204 g/mol. The van der Waals surface area contributed by atoms with Crippen LogP contribution in [0.1, 0.15) is 34.6 Å². The Labute approximate surface area is 98.2 Å². The molecule has 0 aliphatic rings. The number of amides is 2. The van der Waals surface area contributed by atoms with E-state index in [-0.39, 0.29) is 29.6 Å². The molecule has 0 saturated carbocycles. The van der Waals surface area contributed by atoms with E-state index in [0.717, 1.165) is 0 Å². The van der Waals surface area contributed by atoms with Crippen LogP contribution in [0.25, 0.3) is 0 Å². The highest BCUT2D eigenvalue weighted by Crippen LogP contribution is 2.11. The van der Waals surface area contributed by atoms with Crippen LogP contribution in [0.15, 0.2) is 0 Å². The molecule has 0 fully saturated rings. The second-order valence-electron chi connectivity index (χ2n) is 4.88. The molecule has 0 spiro atoms. The summed E-state index contributed by atoms with van der Waals surface area (Å²) < 4.78 is 0. The van der Waals surface area contributed by atoms with Crippen molar-refractivity contribution in [2.75, 3.05) is 7.05 Å². The minimum atomic E-state index is -0.446. The van der Waals surface area contributed by atoms with Gasteiger partial charge in [-0.1, -0.05) is 34.6 Å². The van der Waals surface area contributed by atoms with Crippen LogP contribution in [0.3, 0.4) is 0 Å². The van der Waals surface area contributed by atoms with Gasteiger partial charge in [-0.3, -0.25) is 9.59 Å². The number of hydrogen-bond acceptors (Lipinski definition) is 2. The van der Waals surface area contributed by atoms with Gasteiger partial charge in [0.1, 0.15) is 6.04 Å². The highest BCUT2D eigenvalue weighted by Gasteiger charge is 2.26. The predicted molar refractivity (Wildman–Crippen MR) is 64.8 cm³/mol. The number of likely N-dealkylation sites (N-methyl/N-ethyl adjacent to an activating group) is 1. The third-order valence-corrected chi connectivity index (χ3v) is 2.91. The molecule has 0 aliphatic carbocycles. The Morgan fingerprint density at radius 3 is 1.69 bits per heavy atom. The maximum Gasteiger partial charge on any atom is 0.242 e. The van der Waals surface area contributed by atoms with E-state index in [1.165, 1.54) is 0 Å². The highest BCUT2D eigenvalue weighted by atomic mass is 16.2. The van der Waals surface area contributed by atoms with Gasteiger partial charge < -0.3 is 10.6 Å². The molecule has 2 atom stereocenters. The van der Waals surface area contributed by atoms with Gasteiger partial charge in [-0.2, -0.15) is 0 Å². The summed E-state index contributed by atoms with van der Waals surface area (Å²) in [6.45, 7) is 9.70. The molecule has 0 radical (unpaired) electrons. The molecule has 0 bridgehead atoms. The van der Waals surface area contributed by atoms with Crippen LogP contribution in [0, 0.1) is 17.8 Å². The number of nitrogens with one attached hydrogen (secondary N) is 2. The average molecular weight is 228 g/mol. The maximum absolute atomic E-state index is 11.8. The van der Waals surface area contributed by atoms with Gasteiger partial charge >= 0.3 is 0 Å². The second-order valence-corrected chi connectivity index (χ2v) is 4.88. The minimum Gasteiger partial charge on any atom is -0.357 e. The minimum absolute atomic E-state index is 0.0581. The lowest BCUT2D eigenvalue weighted by Gasteiger charge is -2.24. The quantitative estimate of drug-likeness (QED) is 0.742. The van der Waals surface area contributed by atoms with E-state index in [1.54, 1.807) is 7.05 Å². The number of rotatable bonds is 5. The smallest absolute Gasteiger partial charge is 0.242 e. The Kier molecular flexibility index (Phi) is 6.08. The zero-order valence-corrected chi connectivity index (χ0v) is 11.1. The standard InChI is InChI=1S/C12H24N2O2/c1-7(2)9(5)11(15)14-10(8(3)4)12(16)13-6/h7-10H,1-6H3,(H,13,16)(H,14,15)/t9?,10-/m0/s1. The van der Waals surface area contributed by atoms with Gasteiger partial charge in [-0.05, 0) is 11.8 Å². The van der Waals surface area contributed by atoms with Crippen molar-refractivity contribution in [2.45, 2.75) is 40.7 Å². The first-order valence-corrected chi connectivity index (χ1v) is 5.83.